The Morgan fingerprint density at radius 3 is 2.67 bits per heavy atom. The quantitative estimate of drug-likeness (QED) is 0.908. The summed E-state index contributed by atoms with van der Waals surface area (Å²) in [5.41, 5.74) is 0.190. The van der Waals surface area contributed by atoms with Crippen LogP contribution in [-0.2, 0) is 10.0 Å². The number of nitrogens with zero attached hydrogens (tertiary/aromatic N) is 1. The number of hydrogen-bond donors (Lipinski definition) is 1. The average Bonchev–Trinajstić information content (AvgIpc) is 2.74. The average molecular weight is 264 g/mol. The van der Waals surface area contributed by atoms with E-state index in [-0.39, 0.29) is 16.5 Å². The van der Waals surface area contributed by atoms with Gasteiger partial charge in [0.05, 0.1) is 10.5 Å². The highest BCUT2D eigenvalue weighted by Crippen LogP contribution is 2.26. The molecule has 1 N–H and O–H groups in total. The van der Waals surface area contributed by atoms with E-state index in [2.05, 4.69) is 11.6 Å². The van der Waals surface area contributed by atoms with E-state index in [4.69, 9.17) is 5.26 Å². The Balaban J connectivity index is 2.29. The number of nitriles is 1. The Morgan fingerprint density at radius 1 is 1.33 bits per heavy atom. The lowest BCUT2D eigenvalue weighted by atomic mass is 10.1. The van der Waals surface area contributed by atoms with Crippen molar-refractivity contribution < 1.29 is 8.42 Å². The molecule has 1 aliphatic rings. The van der Waals surface area contributed by atoms with Crippen molar-refractivity contribution in [3.05, 3.63) is 29.8 Å². The molecule has 5 heteroatoms. The summed E-state index contributed by atoms with van der Waals surface area (Å²) in [6.45, 7) is 2.05. The Labute approximate surface area is 108 Å². The molecule has 2 rings (SSSR count). The maximum absolute atomic E-state index is 12.3. The molecule has 18 heavy (non-hydrogen) atoms. The van der Waals surface area contributed by atoms with Crippen molar-refractivity contribution >= 4 is 10.0 Å². The minimum Gasteiger partial charge on any atom is -0.208 e. The minimum atomic E-state index is -3.59. The van der Waals surface area contributed by atoms with Crippen LogP contribution in [0.1, 0.15) is 31.7 Å². The van der Waals surface area contributed by atoms with Gasteiger partial charge in [0, 0.05) is 6.04 Å². The zero-order valence-electron chi connectivity index (χ0n) is 10.3. The van der Waals surface area contributed by atoms with E-state index in [0.29, 0.717) is 5.92 Å². The van der Waals surface area contributed by atoms with Gasteiger partial charge in [-0.15, -0.1) is 0 Å². The molecule has 0 radical (unpaired) electrons. The van der Waals surface area contributed by atoms with Gasteiger partial charge in [-0.05, 0) is 30.9 Å². The van der Waals surface area contributed by atoms with E-state index in [9.17, 15) is 8.42 Å². The fourth-order valence-corrected chi connectivity index (χ4v) is 3.91. The van der Waals surface area contributed by atoms with Crippen molar-refractivity contribution in [2.45, 2.75) is 37.1 Å². The van der Waals surface area contributed by atoms with E-state index in [1.54, 1.807) is 12.1 Å². The molecule has 96 valence electrons. The van der Waals surface area contributed by atoms with Crippen molar-refractivity contribution in [1.82, 2.24) is 4.72 Å². The summed E-state index contributed by atoms with van der Waals surface area (Å²) in [5.74, 6) is 0.356. The molecule has 1 aromatic carbocycles. The number of sulfonamides is 1. The molecular formula is C13H16N2O2S. The first-order valence-corrected chi connectivity index (χ1v) is 7.54. The minimum absolute atomic E-state index is 0.0123. The lowest BCUT2D eigenvalue weighted by molar-refractivity contribution is 0.476. The summed E-state index contributed by atoms with van der Waals surface area (Å²) in [4.78, 5) is 0.0756. The zero-order chi connectivity index (χ0) is 13.2. The van der Waals surface area contributed by atoms with Crippen LogP contribution in [0.3, 0.4) is 0 Å². The topological polar surface area (TPSA) is 70.0 Å². The number of nitrogens with one attached hydrogen (secondary N) is 1. The molecule has 0 aliphatic heterocycles. The number of hydrogen-bond acceptors (Lipinski definition) is 3. The van der Waals surface area contributed by atoms with Gasteiger partial charge < -0.3 is 0 Å². The third kappa shape index (κ3) is 2.55. The largest absolute Gasteiger partial charge is 0.242 e. The van der Waals surface area contributed by atoms with Gasteiger partial charge in [0.2, 0.25) is 10.0 Å². The second kappa shape index (κ2) is 5.09. The van der Waals surface area contributed by atoms with Crippen LogP contribution in [-0.4, -0.2) is 14.5 Å². The van der Waals surface area contributed by atoms with Crippen LogP contribution in [0.2, 0.25) is 0 Å². The third-order valence-electron chi connectivity index (χ3n) is 3.47. The highest BCUT2D eigenvalue weighted by atomic mass is 32.2. The summed E-state index contributed by atoms with van der Waals surface area (Å²) in [5, 5.41) is 8.95. The summed E-state index contributed by atoms with van der Waals surface area (Å²) in [6.07, 6.45) is 2.97. The van der Waals surface area contributed by atoms with E-state index in [1.165, 1.54) is 12.1 Å². The van der Waals surface area contributed by atoms with Gasteiger partial charge in [-0.1, -0.05) is 25.5 Å². The lowest BCUT2D eigenvalue weighted by Crippen LogP contribution is -2.36. The van der Waals surface area contributed by atoms with Crippen molar-refractivity contribution in [3.8, 4) is 6.07 Å². The van der Waals surface area contributed by atoms with E-state index >= 15 is 0 Å². The Hall–Kier alpha value is -1.38. The predicted octanol–water partition coefficient (Wildman–Crippen LogP) is 2.03. The molecule has 1 saturated carbocycles. The van der Waals surface area contributed by atoms with Gasteiger partial charge in [-0.2, -0.15) is 5.26 Å². The fraction of sp³-hybridized carbons (Fsp3) is 0.462. The van der Waals surface area contributed by atoms with Gasteiger partial charge in [-0.25, -0.2) is 13.1 Å². The van der Waals surface area contributed by atoms with Gasteiger partial charge in [0.15, 0.2) is 0 Å². The molecule has 0 amide bonds. The fourth-order valence-electron chi connectivity index (χ4n) is 2.38. The highest BCUT2D eigenvalue weighted by Gasteiger charge is 2.29. The summed E-state index contributed by atoms with van der Waals surface area (Å²) >= 11 is 0. The van der Waals surface area contributed by atoms with Crippen LogP contribution in [0.4, 0.5) is 0 Å². The smallest absolute Gasteiger partial charge is 0.208 e. The molecule has 0 saturated heterocycles. The maximum Gasteiger partial charge on any atom is 0.242 e. The van der Waals surface area contributed by atoms with Gasteiger partial charge >= 0.3 is 0 Å². The van der Waals surface area contributed by atoms with E-state index in [0.717, 1.165) is 19.3 Å². The highest BCUT2D eigenvalue weighted by molar-refractivity contribution is 7.89. The molecule has 2 unspecified atom stereocenters. The monoisotopic (exact) mass is 264 g/mol. The van der Waals surface area contributed by atoms with Crippen LogP contribution in [0.15, 0.2) is 29.2 Å². The standard InChI is InChI=1S/C13H16N2O2S/c1-10-5-4-7-12(10)15-18(16,17)13-8-3-2-6-11(13)9-14/h2-3,6,8,10,12,15H,4-5,7H2,1H3. The van der Waals surface area contributed by atoms with Gasteiger partial charge in [0.1, 0.15) is 6.07 Å². The second-order valence-electron chi connectivity index (χ2n) is 4.74. The summed E-state index contributed by atoms with van der Waals surface area (Å²) in [6, 6.07) is 8.19. The van der Waals surface area contributed by atoms with E-state index in [1.807, 2.05) is 6.07 Å². The van der Waals surface area contributed by atoms with E-state index < -0.39 is 10.0 Å². The van der Waals surface area contributed by atoms with Crippen LogP contribution in [0.5, 0.6) is 0 Å². The normalized spacial score (nSPS) is 23.8. The maximum atomic E-state index is 12.3. The molecule has 2 atom stereocenters. The molecular weight excluding hydrogens is 248 g/mol. The molecule has 0 aromatic heterocycles. The van der Waals surface area contributed by atoms with Crippen LogP contribution in [0, 0.1) is 17.2 Å². The predicted molar refractivity (Wildman–Crippen MR) is 68.3 cm³/mol. The molecule has 0 spiro atoms. The summed E-state index contributed by atoms with van der Waals surface area (Å²) in [7, 11) is -3.59. The summed E-state index contributed by atoms with van der Waals surface area (Å²) < 4.78 is 27.2. The Kier molecular flexibility index (Phi) is 3.69. The first-order chi connectivity index (χ1) is 8.54. The molecule has 0 heterocycles. The first kappa shape index (κ1) is 13.1. The van der Waals surface area contributed by atoms with Crippen LogP contribution >= 0.6 is 0 Å². The van der Waals surface area contributed by atoms with Crippen molar-refractivity contribution in [1.29, 1.82) is 5.26 Å². The molecule has 1 fully saturated rings. The first-order valence-electron chi connectivity index (χ1n) is 6.06. The van der Waals surface area contributed by atoms with Crippen molar-refractivity contribution in [2.24, 2.45) is 5.92 Å². The van der Waals surface area contributed by atoms with Gasteiger partial charge in [0.25, 0.3) is 0 Å². The Morgan fingerprint density at radius 2 is 2.06 bits per heavy atom. The second-order valence-corrected chi connectivity index (χ2v) is 6.43. The van der Waals surface area contributed by atoms with Crippen molar-refractivity contribution in [3.63, 3.8) is 0 Å². The molecule has 0 bridgehead atoms. The zero-order valence-corrected chi connectivity index (χ0v) is 11.1. The van der Waals surface area contributed by atoms with Crippen LogP contribution in [0.25, 0.3) is 0 Å². The number of rotatable bonds is 3. The third-order valence-corrected chi connectivity index (χ3v) is 5.01. The molecule has 1 aliphatic carbocycles. The number of benzene rings is 1. The van der Waals surface area contributed by atoms with Gasteiger partial charge in [-0.3, -0.25) is 0 Å². The lowest BCUT2D eigenvalue weighted by Gasteiger charge is -2.17. The SMILES string of the molecule is CC1CCCC1NS(=O)(=O)c1ccccc1C#N. The van der Waals surface area contributed by atoms with Crippen LogP contribution < -0.4 is 4.72 Å². The molecule has 4 nitrogen and oxygen atoms in total. The Bertz CT molecular complexity index is 575. The molecule has 1 aromatic rings. The van der Waals surface area contributed by atoms with Crippen molar-refractivity contribution in [2.75, 3.05) is 0 Å².